The summed E-state index contributed by atoms with van der Waals surface area (Å²) in [6.45, 7) is 4.55. The van der Waals surface area contributed by atoms with Crippen LogP contribution in [-0.4, -0.2) is 12.1 Å². The molecule has 2 nitrogen and oxygen atoms in total. The molecule has 0 atom stereocenters. The number of esters is 1. The first-order chi connectivity index (χ1) is 13.2. The molecule has 1 aromatic carbocycles. The summed E-state index contributed by atoms with van der Waals surface area (Å²) in [7, 11) is 0. The molecule has 27 heavy (non-hydrogen) atoms. The van der Waals surface area contributed by atoms with E-state index in [1.807, 2.05) is 12.1 Å². The fraction of sp³-hybridized carbons (Fsp3) is 0.720. The SMILES string of the molecule is CCCCC1CCC(c2ccc(C(=O)OC3CCC(CC)CC3)cc2)CC1. The highest BCUT2D eigenvalue weighted by atomic mass is 16.5. The van der Waals surface area contributed by atoms with Crippen molar-refractivity contribution in [3.63, 3.8) is 0 Å². The Morgan fingerprint density at radius 3 is 2.11 bits per heavy atom. The third kappa shape index (κ3) is 5.83. The van der Waals surface area contributed by atoms with Gasteiger partial charge in [0, 0.05) is 0 Å². The van der Waals surface area contributed by atoms with Gasteiger partial charge < -0.3 is 4.74 Å². The second kappa shape index (κ2) is 10.3. The van der Waals surface area contributed by atoms with Crippen LogP contribution >= 0.6 is 0 Å². The molecule has 0 N–H and O–H groups in total. The molecule has 2 aliphatic rings. The summed E-state index contributed by atoms with van der Waals surface area (Å²) in [6, 6.07) is 8.31. The quantitative estimate of drug-likeness (QED) is 0.471. The van der Waals surface area contributed by atoms with E-state index in [2.05, 4.69) is 26.0 Å². The van der Waals surface area contributed by atoms with Crippen LogP contribution in [0.5, 0.6) is 0 Å². The van der Waals surface area contributed by atoms with Crippen molar-refractivity contribution in [2.75, 3.05) is 0 Å². The Labute approximate surface area is 166 Å². The van der Waals surface area contributed by atoms with Crippen LogP contribution < -0.4 is 0 Å². The van der Waals surface area contributed by atoms with Gasteiger partial charge in [0.1, 0.15) is 6.10 Å². The highest BCUT2D eigenvalue weighted by molar-refractivity contribution is 5.89. The zero-order chi connectivity index (χ0) is 19.1. The van der Waals surface area contributed by atoms with Gasteiger partial charge in [-0.2, -0.15) is 0 Å². The van der Waals surface area contributed by atoms with Crippen molar-refractivity contribution in [3.8, 4) is 0 Å². The Kier molecular flexibility index (Phi) is 7.79. The average molecular weight is 371 g/mol. The molecule has 0 radical (unpaired) electrons. The standard InChI is InChI=1S/C25H38O2/c1-3-5-6-20-7-11-21(12-8-20)22-13-15-23(16-14-22)25(26)27-24-17-9-19(4-2)10-18-24/h13-16,19-21,24H,3-12,17-18H2,1-2H3. The molecular formula is C25H38O2. The van der Waals surface area contributed by atoms with Crippen molar-refractivity contribution in [1.29, 1.82) is 0 Å². The molecule has 0 unspecified atom stereocenters. The van der Waals surface area contributed by atoms with Crippen molar-refractivity contribution in [3.05, 3.63) is 35.4 Å². The summed E-state index contributed by atoms with van der Waals surface area (Å²) >= 11 is 0. The molecule has 1 aromatic rings. The minimum atomic E-state index is -0.134. The van der Waals surface area contributed by atoms with Gasteiger partial charge in [-0.3, -0.25) is 0 Å². The maximum atomic E-state index is 12.5. The van der Waals surface area contributed by atoms with Crippen LogP contribution in [0.3, 0.4) is 0 Å². The van der Waals surface area contributed by atoms with Gasteiger partial charge in [-0.1, -0.05) is 51.7 Å². The summed E-state index contributed by atoms with van der Waals surface area (Å²) in [6.07, 6.45) is 15.3. The molecule has 0 heterocycles. The Hall–Kier alpha value is -1.31. The van der Waals surface area contributed by atoms with Crippen molar-refractivity contribution >= 4 is 5.97 Å². The molecule has 0 bridgehead atoms. The van der Waals surface area contributed by atoms with Gasteiger partial charge in [0.25, 0.3) is 0 Å². The molecule has 2 fully saturated rings. The number of carbonyl (C=O) groups excluding carboxylic acids is 1. The van der Waals surface area contributed by atoms with Gasteiger partial charge in [0.15, 0.2) is 0 Å². The van der Waals surface area contributed by atoms with Gasteiger partial charge in [0.05, 0.1) is 5.56 Å². The normalized spacial score (nSPS) is 28.7. The number of rotatable bonds is 7. The minimum absolute atomic E-state index is 0.123. The summed E-state index contributed by atoms with van der Waals surface area (Å²) < 4.78 is 5.77. The molecule has 3 rings (SSSR count). The van der Waals surface area contributed by atoms with Crippen LogP contribution in [0.2, 0.25) is 0 Å². The fourth-order valence-corrected chi connectivity index (χ4v) is 5.05. The van der Waals surface area contributed by atoms with Crippen LogP contribution in [0, 0.1) is 11.8 Å². The third-order valence-electron chi connectivity index (χ3n) is 7.08. The second-order valence-corrected chi connectivity index (χ2v) is 8.94. The molecule has 0 spiro atoms. The van der Waals surface area contributed by atoms with E-state index in [9.17, 15) is 4.79 Å². The lowest BCUT2D eigenvalue weighted by Gasteiger charge is -2.29. The van der Waals surface area contributed by atoms with E-state index in [1.54, 1.807) is 0 Å². The Balaban J connectivity index is 1.46. The Morgan fingerprint density at radius 1 is 0.889 bits per heavy atom. The van der Waals surface area contributed by atoms with E-state index >= 15 is 0 Å². The lowest BCUT2D eigenvalue weighted by atomic mass is 9.77. The number of hydrogen-bond donors (Lipinski definition) is 0. The van der Waals surface area contributed by atoms with Crippen LogP contribution in [0.4, 0.5) is 0 Å². The number of unbranched alkanes of at least 4 members (excludes halogenated alkanes) is 1. The smallest absolute Gasteiger partial charge is 0.338 e. The highest BCUT2D eigenvalue weighted by Crippen LogP contribution is 2.37. The van der Waals surface area contributed by atoms with E-state index < -0.39 is 0 Å². The minimum Gasteiger partial charge on any atom is -0.459 e. The van der Waals surface area contributed by atoms with Crippen LogP contribution in [0.15, 0.2) is 24.3 Å². The van der Waals surface area contributed by atoms with E-state index in [1.165, 1.54) is 69.8 Å². The molecule has 0 saturated heterocycles. The summed E-state index contributed by atoms with van der Waals surface area (Å²) in [5, 5.41) is 0. The maximum Gasteiger partial charge on any atom is 0.338 e. The zero-order valence-corrected chi connectivity index (χ0v) is 17.4. The number of ether oxygens (including phenoxy) is 1. The fourth-order valence-electron chi connectivity index (χ4n) is 5.05. The molecular weight excluding hydrogens is 332 g/mol. The lowest BCUT2D eigenvalue weighted by molar-refractivity contribution is 0.0164. The van der Waals surface area contributed by atoms with Gasteiger partial charge in [-0.25, -0.2) is 4.79 Å². The summed E-state index contributed by atoms with van der Waals surface area (Å²) in [4.78, 5) is 12.5. The molecule has 0 amide bonds. The first kappa shape index (κ1) is 20.4. The Morgan fingerprint density at radius 2 is 1.52 bits per heavy atom. The van der Waals surface area contributed by atoms with E-state index in [0.717, 1.165) is 24.7 Å². The third-order valence-corrected chi connectivity index (χ3v) is 7.08. The average Bonchev–Trinajstić information content (AvgIpc) is 2.73. The zero-order valence-electron chi connectivity index (χ0n) is 17.4. The van der Waals surface area contributed by atoms with Crippen LogP contribution in [0.1, 0.15) is 113 Å². The second-order valence-electron chi connectivity index (χ2n) is 8.94. The maximum absolute atomic E-state index is 12.5. The summed E-state index contributed by atoms with van der Waals surface area (Å²) in [5.74, 6) is 2.32. The largest absolute Gasteiger partial charge is 0.459 e. The molecule has 2 saturated carbocycles. The first-order valence-electron chi connectivity index (χ1n) is 11.5. The lowest BCUT2D eigenvalue weighted by Crippen LogP contribution is -2.24. The van der Waals surface area contributed by atoms with Gasteiger partial charge >= 0.3 is 5.97 Å². The number of benzene rings is 1. The van der Waals surface area contributed by atoms with Gasteiger partial charge in [-0.15, -0.1) is 0 Å². The van der Waals surface area contributed by atoms with Crippen LogP contribution in [-0.2, 0) is 4.74 Å². The van der Waals surface area contributed by atoms with E-state index in [4.69, 9.17) is 4.74 Å². The molecule has 0 aromatic heterocycles. The van der Waals surface area contributed by atoms with E-state index in [-0.39, 0.29) is 12.1 Å². The van der Waals surface area contributed by atoms with Gasteiger partial charge in [0.2, 0.25) is 0 Å². The molecule has 2 heteroatoms. The predicted molar refractivity (Wildman–Crippen MR) is 112 cm³/mol. The number of hydrogen-bond acceptors (Lipinski definition) is 2. The molecule has 150 valence electrons. The van der Waals surface area contributed by atoms with Gasteiger partial charge in [-0.05, 0) is 86.8 Å². The molecule has 2 aliphatic carbocycles. The van der Waals surface area contributed by atoms with Crippen molar-refractivity contribution in [2.24, 2.45) is 11.8 Å². The monoisotopic (exact) mass is 370 g/mol. The van der Waals surface area contributed by atoms with Crippen LogP contribution in [0.25, 0.3) is 0 Å². The molecule has 0 aliphatic heterocycles. The highest BCUT2D eigenvalue weighted by Gasteiger charge is 2.24. The summed E-state index contributed by atoms with van der Waals surface area (Å²) in [5.41, 5.74) is 2.12. The first-order valence-corrected chi connectivity index (χ1v) is 11.5. The number of carbonyl (C=O) groups is 1. The van der Waals surface area contributed by atoms with E-state index in [0.29, 0.717) is 11.5 Å². The van der Waals surface area contributed by atoms with Crippen molar-refractivity contribution < 1.29 is 9.53 Å². The predicted octanol–water partition coefficient (Wildman–Crippen LogP) is 7.28. The van der Waals surface area contributed by atoms with Crippen molar-refractivity contribution in [1.82, 2.24) is 0 Å². The van der Waals surface area contributed by atoms with Crippen molar-refractivity contribution in [2.45, 2.75) is 103 Å². The topological polar surface area (TPSA) is 26.3 Å². The Bertz CT molecular complexity index is 560.